The van der Waals surface area contributed by atoms with Gasteiger partial charge in [0.25, 0.3) is 0 Å². The fourth-order valence-electron chi connectivity index (χ4n) is 3.68. The van der Waals surface area contributed by atoms with E-state index in [9.17, 15) is 13.2 Å². The van der Waals surface area contributed by atoms with Gasteiger partial charge >= 0.3 is 0 Å². The van der Waals surface area contributed by atoms with Crippen LogP contribution in [-0.4, -0.2) is 36.7 Å². The van der Waals surface area contributed by atoms with Gasteiger partial charge in [0.2, 0.25) is 15.9 Å². The summed E-state index contributed by atoms with van der Waals surface area (Å²) < 4.78 is 28.3. The molecule has 1 amide bonds. The molecule has 0 radical (unpaired) electrons. The molecule has 6 nitrogen and oxygen atoms in total. The number of sulfonamides is 1. The van der Waals surface area contributed by atoms with Gasteiger partial charge in [-0.15, -0.1) is 0 Å². The summed E-state index contributed by atoms with van der Waals surface area (Å²) in [5, 5.41) is 3.93. The quantitative estimate of drug-likeness (QED) is 0.601. The summed E-state index contributed by atoms with van der Waals surface area (Å²) in [5.41, 5.74) is 2.05. The number of rotatable bonds is 5. The van der Waals surface area contributed by atoms with Crippen LogP contribution in [0.25, 0.3) is 10.2 Å². The molecule has 1 fully saturated rings. The van der Waals surface area contributed by atoms with E-state index in [1.165, 1.54) is 27.8 Å². The van der Waals surface area contributed by atoms with Gasteiger partial charge in [-0.1, -0.05) is 42.0 Å². The van der Waals surface area contributed by atoms with Gasteiger partial charge in [0.1, 0.15) is 0 Å². The monoisotopic (exact) mass is 463 g/mol. The van der Waals surface area contributed by atoms with E-state index < -0.39 is 15.9 Å². The van der Waals surface area contributed by atoms with Crippen molar-refractivity contribution >= 4 is 54.2 Å². The van der Waals surface area contributed by atoms with Crippen molar-refractivity contribution in [3.63, 3.8) is 0 Å². The van der Waals surface area contributed by atoms with E-state index in [0.29, 0.717) is 29.5 Å². The normalized spacial score (nSPS) is 17.9. The third-order valence-electron chi connectivity index (χ3n) is 5.32. The molecule has 1 unspecified atom stereocenters. The highest BCUT2D eigenvalue weighted by atomic mass is 35.5. The number of carbonyl (C=O) groups excluding carboxylic acids is 1. The smallest absolute Gasteiger partial charge is 0.243 e. The van der Waals surface area contributed by atoms with Crippen molar-refractivity contribution in [2.75, 3.05) is 18.4 Å². The third kappa shape index (κ3) is 4.23. The van der Waals surface area contributed by atoms with Crippen molar-refractivity contribution in [2.24, 2.45) is 5.92 Å². The maximum absolute atomic E-state index is 13.0. The second-order valence-electron chi connectivity index (χ2n) is 7.28. The van der Waals surface area contributed by atoms with Gasteiger partial charge in [-0.2, -0.15) is 4.31 Å². The van der Waals surface area contributed by atoms with Crippen LogP contribution in [0.1, 0.15) is 25.3 Å². The molecule has 1 saturated heterocycles. The van der Waals surface area contributed by atoms with Gasteiger partial charge in [0.15, 0.2) is 5.13 Å². The molecule has 2 heterocycles. The van der Waals surface area contributed by atoms with Crippen LogP contribution in [-0.2, 0) is 21.2 Å². The second-order valence-corrected chi connectivity index (χ2v) is 10.7. The number of nitrogens with one attached hydrogen (secondary N) is 1. The first kappa shape index (κ1) is 21.2. The number of hydrogen-bond donors (Lipinski definition) is 1. The Labute approximate surface area is 184 Å². The Balaban J connectivity index is 1.49. The van der Waals surface area contributed by atoms with Crippen LogP contribution in [0.3, 0.4) is 0 Å². The van der Waals surface area contributed by atoms with Crippen molar-refractivity contribution in [1.82, 2.24) is 9.29 Å². The van der Waals surface area contributed by atoms with Crippen LogP contribution in [0.15, 0.2) is 47.4 Å². The first-order chi connectivity index (χ1) is 14.4. The minimum Gasteiger partial charge on any atom is -0.302 e. The van der Waals surface area contributed by atoms with E-state index in [4.69, 9.17) is 11.6 Å². The Morgan fingerprint density at radius 3 is 2.77 bits per heavy atom. The lowest BCUT2D eigenvalue weighted by Crippen LogP contribution is -2.43. The molecule has 1 aromatic heterocycles. The van der Waals surface area contributed by atoms with Crippen molar-refractivity contribution in [2.45, 2.75) is 31.1 Å². The zero-order valence-corrected chi connectivity index (χ0v) is 18.9. The third-order valence-corrected chi connectivity index (χ3v) is 8.39. The molecule has 30 heavy (non-hydrogen) atoms. The van der Waals surface area contributed by atoms with E-state index in [2.05, 4.69) is 17.2 Å². The lowest BCUT2D eigenvalue weighted by atomic mass is 9.99. The number of aryl methyl sites for hydroxylation is 1. The number of amides is 1. The highest BCUT2D eigenvalue weighted by Crippen LogP contribution is 2.30. The maximum atomic E-state index is 13.0. The Hall–Kier alpha value is -2.00. The Morgan fingerprint density at radius 2 is 2.03 bits per heavy atom. The van der Waals surface area contributed by atoms with Gasteiger partial charge in [0, 0.05) is 18.1 Å². The van der Waals surface area contributed by atoms with Crippen molar-refractivity contribution < 1.29 is 13.2 Å². The number of thiazole rings is 1. The summed E-state index contributed by atoms with van der Waals surface area (Å²) in [6, 6.07) is 12.1. The molecule has 1 aliphatic heterocycles. The van der Waals surface area contributed by atoms with Crippen molar-refractivity contribution in [3.05, 3.63) is 53.1 Å². The van der Waals surface area contributed by atoms with Crippen molar-refractivity contribution in [3.8, 4) is 0 Å². The van der Waals surface area contributed by atoms with E-state index in [1.54, 1.807) is 12.1 Å². The number of aromatic nitrogens is 1. The van der Waals surface area contributed by atoms with Gasteiger partial charge in [-0.3, -0.25) is 4.79 Å². The first-order valence-corrected chi connectivity index (χ1v) is 12.5. The van der Waals surface area contributed by atoms with E-state index in [-0.39, 0.29) is 17.3 Å². The van der Waals surface area contributed by atoms with E-state index in [1.807, 2.05) is 18.2 Å². The Morgan fingerprint density at radius 1 is 1.27 bits per heavy atom. The fourth-order valence-corrected chi connectivity index (χ4v) is 6.25. The molecular formula is C21H22ClN3O3S2. The molecule has 1 aliphatic rings. The molecule has 4 rings (SSSR count). The highest BCUT2D eigenvalue weighted by molar-refractivity contribution is 7.89. The minimum atomic E-state index is -3.67. The summed E-state index contributed by atoms with van der Waals surface area (Å²) in [6.07, 6.45) is 2.14. The summed E-state index contributed by atoms with van der Waals surface area (Å²) in [5.74, 6) is -0.610. The summed E-state index contributed by atoms with van der Waals surface area (Å²) in [6.45, 7) is 2.63. The van der Waals surface area contributed by atoms with Crippen LogP contribution in [0.4, 0.5) is 5.13 Å². The zero-order valence-electron chi connectivity index (χ0n) is 16.5. The Bertz CT molecular complexity index is 1180. The molecular weight excluding hydrogens is 442 g/mol. The predicted molar refractivity (Wildman–Crippen MR) is 121 cm³/mol. The van der Waals surface area contributed by atoms with Crippen LogP contribution in [0, 0.1) is 5.92 Å². The number of benzene rings is 2. The number of fused-ring (bicyclic) bond motifs is 1. The lowest BCUT2D eigenvalue weighted by Gasteiger charge is -2.31. The number of anilines is 1. The summed E-state index contributed by atoms with van der Waals surface area (Å²) >= 11 is 7.31. The molecule has 0 bridgehead atoms. The van der Waals surface area contributed by atoms with E-state index in [0.717, 1.165) is 22.2 Å². The average Bonchev–Trinajstić information content (AvgIpc) is 3.16. The number of nitrogens with zero attached hydrogens (tertiary/aromatic N) is 2. The zero-order chi connectivity index (χ0) is 21.3. The fraction of sp³-hybridized carbons (Fsp3) is 0.333. The molecule has 0 spiro atoms. The van der Waals surface area contributed by atoms with Crippen molar-refractivity contribution in [1.29, 1.82) is 0 Å². The molecule has 1 N–H and O–H groups in total. The SMILES string of the molecule is CCc1cccc2sc(NC(=O)C3CCCN(S(=O)(=O)c4ccc(Cl)cc4)C3)nc12. The number of para-hydroxylation sites is 1. The predicted octanol–water partition coefficient (Wildman–Crippen LogP) is 4.55. The maximum Gasteiger partial charge on any atom is 0.243 e. The number of halogens is 1. The van der Waals surface area contributed by atoms with Crippen LogP contribution < -0.4 is 5.32 Å². The van der Waals surface area contributed by atoms with Crippen LogP contribution in [0.5, 0.6) is 0 Å². The van der Waals surface area contributed by atoms with Gasteiger partial charge < -0.3 is 5.32 Å². The molecule has 0 aliphatic carbocycles. The molecule has 9 heteroatoms. The topological polar surface area (TPSA) is 79.4 Å². The minimum absolute atomic E-state index is 0.155. The molecule has 3 aromatic rings. The molecule has 2 aromatic carbocycles. The molecule has 0 saturated carbocycles. The summed E-state index contributed by atoms with van der Waals surface area (Å²) in [4.78, 5) is 17.6. The molecule has 1 atom stereocenters. The second kappa shape index (κ2) is 8.63. The lowest BCUT2D eigenvalue weighted by molar-refractivity contribution is -0.120. The van der Waals surface area contributed by atoms with Gasteiger partial charge in [-0.05, 0) is 55.2 Å². The van der Waals surface area contributed by atoms with Crippen LogP contribution in [0.2, 0.25) is 5.02 Å². The van der Waals surface area contributed by atoms with Gasteiger partial charge in [-0.25, -0.2) is 13.4 Å². The van der Waals surface area contributed by atoms with Gasteiger partial charge in [0.05, 0.1) is 21.0 Å². The number of carbonyl (C=O) groups is 1. The molecule has 158 valence electrons. The van der Waals surface area contributed by atoms with Crippen LogP contribution >= 0.6 is 22.9 Å². The number of piperidine rings is 1. The highest BCUT2D eigenvalue weighted by Gasteiger charge is 2.33. The standard InChI is InChI=1S/C21H22ClN3O3S2/c1-2-14-5-3-7-18-19(14)23-21(29-18)24-20(26)15-6-4-12-25(13-15)30(27,28)17-10-8-16(22)9-11-17/h3,5,7-11,15H,2,4,6,12-13H2,1H3,(H,23,24,26). The summed E-state index contributed by atoms with van der Waals surface area (Å²) in [7, 11) is -3.67. The largest absolute Gasteiger partial charge is 0.302 e. The number of hydrogen-bond acceptors (Lipinski definition) is 5. The average molecular weight is 464 g/mol. The Kier molecular flexibility index (Phi) is 6.11. The first-order valence-electron chi connectivity index (χ1n) is 9.83. The van der Waals surface area contributed by atoms with E-state index >= 15 is 0 Å².